The van der Waals surface area contributed by atoms with Gasteiger partial charge in [-0.1, -0.05) is 24.3 Å². The third-order valence-corrected chi connectivity index (χ3v) is 3.49. The predicted octanol–water partition coefficient (Wildman–Crippen LogP) is 2.56. The first kappa shape index (κ1) is 13.3. The molecule has 5 heteroatoms. The van der Waals surface area contributed by atoms with Gasteiger partial charge in [0.25, 0.3) is 5.91 Å². The van der Waals surface area contributed by atoms with E-state index in [2.05, 4.69) is 10.6 Å². The molecule has 0 unspecified atom stereocenters. The first-order chi connectivity index (χ1) is 10.2. The zero-order chi connectivity index (χ0) is 14.8. The zero-order valence-corrected chi connectivity index (χ0v) is 11.8. The summed E-state index contributed by atoms with van der Waals surface area (Å²) in [6.45, 7) is 0. The van der Waals surface area contributed by atoms with Gasteiger partial charge in [0.2, 0.25) is 0 Å². The molecule has 0 aliphatic carbocycles. The van der Waals surface area contributed by atoms with Crippen LogP contribution in [0.5, 0.6) is 11.5 Å². The molecule has 0 aromatic heterocycles. The van der Waals surface area contributed by atoms with E-state index in [9.17, 15) is 4.79 Å². The minimum Gasteiger partial charge on any atom is -0.493 e. The highest BCUT2D eigenvalue weighted by molar-refractivity contribution is 6.01. The summed E-state index contributed by atoms with van der Waals surface area (Å²) in [4.78, 5) is 12.2. The Hall–Kier alpha value is -2.69. The number of anilines is 1. The monoisotopic (exact) mass is 284 g/mol. The highest BCUT2D eigenvalue weighted by Crippen LogP contribution is 2.36. The number of benzene rings is 2. The topological polar surface area (TPSA) is 59.6 Å². The highest BCUT2D eigenvalue weighted by atomic mass is 16.5. The number of ether oxygens (including phenoxy) is 2. The van der Waals surface area contributed by atoms with Crippen LogP contribution in [0.4, 0.5) is 5.69 Å². The van der Waals surface area contributed by atoms with Crippen molar-refractivity contribution in [3.63, 3.8) is 0 Å². The molecule has 1 amide bonds. The van der Waals surface area contributed by atoms with Crippen molar-refractivity contribution in [3.05, 3.63) is 53.6 Å². The molecule has 2 aromatic rings. The largest absolute Gasteiger partial charge is 0.493 e. The lowest BCUT2D eigenvalue weighted by molar-refractivity contribution is 0.0935. The minimum absolute atomic E-state index is 0.112. The third-order valence-electron chi connectivity index (χ3n) is 3.49. The molecule has 0 saturated carbocycles. The summed E-state index contributed by atoms with van der Waals surface area (Å²) >= 11 is 0. The van der Waals surface area contributed by atoms with Gasteiger partial charge in [0.15, 0.2) is 11.5 Å². The van der Waals surface area contributed by atoms with Crippen LogP contribution in [0.15, 0.2) is 42.5 Å². The molecule has 5 nitrogen and oxygen atoms in total. The smallest absolute Gasteiger partial charge is 0.255 e. The van der Waals surface area contributed by atoms with Crippen LogP contribution in [0.1, 0.15) is 22.1 Å². The Morgan fingerprint density at radius 1 is 0.952 bits per heavy atom. The number of carbonyl (C=O) groups is 1. The van der Waals surface area contributed by atoms with E-state index in [1.165, 1.54) is 0 Å². The molecule has 1 heterocycles. The average molecular weight is 284 g/mol. The van der Waals surface area contributed by atoms with Crippen molar-refractivity contribution in [3.8, 4) is 11.5 Å². The summed E-state index contributed by atoms with van der Waals surface area (Å²) in [5, 5.41) is 6.23. The van der Waals surface area contributed by atoms with Crippen molar-refractivity contribution >= 4 is 11.6 Å². The molecule has 3 rings (SSSR count). The number of para-hydroxylation sites is 2. The molecule has 21 heavy (non-hydrogen) atoms. The standard InChI is InChI=1S/C16H16N2O3/c1-20-13-9-5-7-11(14(13)21-2)15-17-12-8-4-3-6-10(12)16(19)18-15/h3-9,15,17H,1-2H3,(H,18,19)/t15-/m0/s1. The van der Waals surface area contributed by atoms with Crippen LogP contribution in [0.2, 0.25) is 0 Å². The van der Waals surface area contributed by atoms with Crippen LogP contribution in [-0.4, -0.2) is 20.1 Å². The van der Waals surface area contributed by atoms with Gasteiger partial charge in [0, 0.05) is 11.3 Å². The van der Waals surface area contributed by atoms with Crippen LogP contribution >= 0.6 is 0 Å². The van der Waals surface area contributed by atoms with Crippen LogP contribution < -0.4 is 20.1 Å². The molecule has 2 N–H and O–H groups in total. The van der Waals surface area contributed by atoms with Gasteiger partial charge in [-0.2, -0.15) is 0 Å². The Balaban J connectivity index is 2.02. The lowest BCUT2D eigenvalue weighted by Crippen LogP contribution is -2.38. The maximum Gasteiger partial charge on any atom is 0.255 e. The van der Waals surface area contributed by atoms with Crippen molar-refractivity contribution < 1.29 is 14.3 Å². The summed E-state index contributed by atoms with van der Waals surface area (Å²) in [5.74, 6) is 1.13. The molecular weight excluding hydrogens is 268 g/mol. The second-order valence-electron chi connectivity index (χ2n) is 4.68. The van der Waals surface area contributed by atoms with Crippen molar-refractivity contribution in [2.45, 2.75) is 6.17 Å². The maximum atomic E-state index is 12.2. The van der Waals surface area contributed by atoms with E-state index in [1.54, 1.807) is 20.3 Å². The van der Waals surface area contributed by atoms with Crippen LogP contribution in [0, 0.1) is 0 Å². The average Bonchev–Trinajstić information content (AvgIpc) is 2.54. The Labute approximate surface area is 122 Å². The fourth-order valence-electron chi connectivity index (χ4n) is 2.50. The van der Waals surface area contributed by atoms with Crippen molar-refractivity contribution in [2.24, 2.45) is 0 Å². The van der Waals surface area contributed by atoms with Crippen LogP contribution in [0.3, 0.4) is 0 Å². The first-order valence-corrected chi connectivity index (χ1v) is 6.62. The van der Waals surface area contributed by atoms with Crippen LogP contribution in [0.25, 0.3) is 0 Å². The van der Waals surface area contributed by atoms with Crippen molar-refractivity contribution in [2.75, 3.05) is 19.5 Å². The summed E-state index contributed by atoms with van der Waals surface area (Å²) in [5.41, 5.74) is 2.26. The normalized spacial score (nSPS) is 16.5. The van der Waals surface area contributed by atoms with E-state index in [-0.39, 0.29) is 12.1 Å². The van der Waals surface area contributed by atoms with E-state index in [4.69, 9.17) is 9.47 Å². The second-order valence-corrected chi connectivity index (χ2v) is 4.68. The number of rotatable bonds is 3. The minimum atomic E-state index is -0.363. The molecule has 0 radical (unpaired) electrons. The van der Waals surface area contributed by atoms with E-state index in [1.807, 2.05) is 36.4 Å². The quantitative estimate of drug-likeness (QED) is 0.909. The van der Waals surface area contributed by atoms with Crippen molar-refractivity contribution in [1.29, 1.82) is 0 Å². The number of nitrogens with one attached hydrogen (secondary N) is 2. The molecule has 1 atom stereocenters. The number of hydrogen-bond acceptors (Lipinski definition) is 4. The molecule has 0 spiro atoms. The predicted molar refractivity (Wildman–Crippen MR) is 79.8 cm³/mol. The summed E-state index contributed by atoms with van der Waals surface area (Å²) < 4.78 is 10.7. The van der Waals surface area contributed by atoms with Gasteiger partial charge in [0.05, 0.1) is 19.8 Å². The highest BCUT2D eigenvalue weighted by Gasteiger charge is 2.27. The number of fused-ring (bicyclic) bond motifs is 1. The van der Waals surface area contributed by atoms with E-state index in [0.29, 0.717) is 17.1 Å². The number of hydrogen-bond donors (Lipinski definition) is 2. The molecule has 2 aromatic carbocycles. The fourth-order valence-corrected chi connectivity index (χ4v) is 2.50. The van der Waals surface area contributed by atoms with E-state index < -0.39 is 0 Å². The second kappa shape index (κ2) is 5.36. The Morgan fingerprint density at radius 2 is 1.76 bits per heavy atom. The maximum absolute atomic E-state index is 12.2. The molecule has 0 saturated heterocycles. The summed E-state index contributed by atoms with van der Waals surface area (Å²) in [7, 11) is 3.17. The Bertz CT molecular complexity index is 685. The molecule has 1 aliphatic rings. The van der Waals surface area contributed by atoms with Gasteiger partial charge >= 0.3 is 0 Å². The van der Waals surface area contributed by atoms with Gasteiger partial charge in [-0.3, -0.25) is 4.79 Å². The SMILES string of the molecule is COc1cccc([C@@H]2NC(=O)c3ccccc3N2)c1OC. The zero-order valence-electron chi connectivity index (χ0n) is 11.8. The third kappa shape index (κ3) is 2.27. The van der Waals surface area contributed by atoms with Gasteiger partial charge in [-0.25, -0.2) is 0 Å². The van der Waals surface area contributed by atoms with E-state index in [0.717, 1.165) is 11.3 Å². The first-order valence-electron chi connectivity index (χ1n) is 6.62. The molecule has 108 valence electrons. The molecule has 0 bridgehead atoms. The van der Waals surface area contributed by atoms with Gasteiger partial charge in [-0.05, 0) is 18.2 Å². The van der Waals surface area contributed by atoms with Gasteiger partial charge in [-0.15, -0.1) is 0 Å². The van der Waals surface area contributed by atoms with Crippen LogP contribution in [-0.2, 0) is 0 Å². The summed E-state index contributed by atoms with van der Waals surface area (Å²) in [6.07, 6.45) is -0.363. The van der Waals surface area contributed by atoms with Gasteiger partial charge < -0.3 is 20.1 Å². The fraction of sp³-hybridized carbons (Fsp3) is 0.188. The van der Waals surface area contributed by atoms with Crippen molar-refractivity contribution in [1.82, 2.24) is 5.32 Å². The van der Waals surface area contributed by atoms with Gasteiger partial charge in [0.1, 0.15) is 6.17 Å². The molecule has 0 fully saturated rings. The number of methoxy groups -OCH3 is 2. The lowest BCUT2D eigenvalue weighted by Gasteiger charge is -2.29. The van der Waals surface area contributed by atoms with E-state index >= 15 is 0 Å². The number of amides is 1. The summed E-state index contributed by atoms with van der Waals surface area (Å²) in [6, 6.07) is 13.0. The number of carbonyl (C=O) groups excluding carboxylic acids is 1. The molecular formula is C16H16N2O3. The lowest BCUT2D eigenvalue weighted by atomic mass is 10.0. The Morgan fingerprint density at radius 3 is 2.52 bits per heavy atom. The Kier molecular flexibility index (Phi) is 3.39. The molecule has 1 aliphatic heterocycles.